The highest BCUT2D eigenvalue weighted by Gasteiger charge is 2.12. The van der Waals surface area contributed by atoms with Crippen LogP contribution in [-0.4, -0.2) is 31.8 Å². The van der Waals surface area contributed by atoms with Crippen LogP contribution < -0.4 is 5.32 Å². The van der Waals surface area contributed by atoms with Gasteiger partial charge in [-0.15, -0.1) is 10.2 Å². The standard InChI is InChI=1S/C10H10N6S/c1-11-6-8-15-16-9(13-14-10(16)17-8)7-3-2-4-12-5-7/h2-5,11H,6H2,1H3. The summed E-state index contributed by atoms with van der Waals surface area (Å²) >= 11 is 1.53. The normalized spacial score (nSPS) is 11.1. The number of nitrogens with one attached hydrogen (secondary N) is 1. The first-order valence-corrected chi connectivity index (χ1v) is 5.96. The largest absolute Gasteiger partial charge is 0.313 e. The fraction of sp³-hybridized carbons (Fsp3) is 0.200. The molecule has 0 spiro atoms. The Morgan fingerprint density at radius 2 is 2.35 bits per heavy atom. The molecule has 0 fully saturated rings. The van der Waals surface area contributed by atoms with E-state index < -0.39 is 0 Å². The molecule has 3 aromatic heterocycles. The molecule has 17 heavy (non-hydrogen) atoms. The molecule has 0 atom stereocenters. The fourth-order valence-electron chi connectivity index (χ4n) is 1.55. The molecule has 6 nitrogen and oxygen atoms in total. The van der Waals surface area contributed by atoms with Crippen LogP contribution in [0, 0.1) is 0 Å². The summed E-state index contributed by atoms with van der Waals surface area (Å²) in [6.45, 7) is 0.737. The first kappa shape index (κ1) is 10.3. The van der Waals surface area contributed by atoms with Crippen LogP contribution in [0.1, 0.15) is 5.01 Å². The minimum absolute atomic E-state index is 0.728. The van der Waals surface area contributed by atoms with Gasteiger partial charge in [0, 0.05) is 24.5 Å². The number of aromatic nitrogens is 5. The quantitative estimate of drug-likeness (QED) is 0.745. The second kappa shape index (κ2) is 4.19. The molecule has 86 valence electrons. The van der Waals surface area contributed by atoms with E-state index in [0.29, 0.717) is 0 Å². The Labute approximate surface area is 101 Å². The lowest BCUT2D eigenvalue weighted by Crippen LogP contribution is -2.05. The Morgan fingerprint density at radius 3 is 3.12 bits per heavy atom. The number of nitrogens with zero attached hydrogens (tertiary/aromatic N) is 5. The van der Waals surface area contributed by atoms with Gasteiger partial charge in [0.2, 0.25) is 4.96 Å². The van der Waals surface area contributed by atoms with Crippen LogP contribution in [0.2, 0.25) is 0 Å². The van der Waals surface area contributed by atoms with Gasteiger partial charge in [0.05, 0.1) is 0 Å². The van der Waals surface area contributed by atoms with Gasteiger partial charge in [0.25, 0.3) is 0 Å². The molecule has 0 aliphatic rings. The average molecular weight is 246 g/mol. The summed E-state index contributed by atoms with van der Waals surface area (Å²) in [6, 6.07) is 3.82. The van der Waals surface area contributed by atoms with E-state index in [1.807, 2.05) is 19.2 Å². The van der Waals surface area contributed by atoms with Crippen LogP contribution in [0.3, 0.4) is 0 Å². The second-order valence-electron chi connectivity index (χ2n) is 3.49. The summed E-state index contributed by atoms with van der Waals surface area (Å²) < 4.78 is 1.76. The molecule has 0 amide bonds. The average Bonchev–Trinajstić information content (AvgIpc) is 2.90. The maximum absolute atomic E-state index is 4.46. The summed E-state index contributed by atoms with van der Waals surface area (Å²) in [5.74, 6) is 0.728. The molecule has 0 aliphatic heterocycles. The van der Waals surface area contributed by atoms with Gasteiger partial charge in [-0.3, -0.25) is 4.98 Å². The van der Waals surface area contributed by atoms with Gasteiger partial charge in [-0.05, 0) is 19.2 Å². The van der Waals surface area contributed by atoms with Gasteiger partial charge < -0.3 is 5.32 Å². The van der Waals surface area contributed by atoms with Crippen molar-refractivity contribution in [1.29, 1.82) is 0 Å². The molecule has 3 aromatic rings. The molecule has 1 N–H and O–H groups in total. The molecule has 0 saturated carbocycles. The molecule has 0 bridgehead atoms. The first-order valence-electron chi connectivity index (χ1n) is 5.14. The first-order chi connectivity index (χ1) is 8.38. The van der Waals surface area contributed by atoms with E-state index in [9.17, 15) is 0 Å². The monoisotopic (exact) mass is 246 g/mol. The summed E-state index contributed by atoms with van der Waals surface area (Å²) in [6.07, 6.45) is 3.49. The van der Waals surface area contributed by atoms with E-state index in [1.165, 1.54) is 11.3 Å². The van der Waals surface area contributed by atoms with Gasteiger partial charge >= 0.3 is 0 Å². The molecule has 7 heteroatoms. The van der Waals surface area contributed by atoms with Crippen LogP contribution in [0.4, 0.5) is 0 Å². The van der Waals surface area contributed by atoms with Gasteiger partial charge in [-0.2, -0.15) is 9.61 Å². The highest BCUT2D eigenvalue weighted by molar-refractivity contribution is 7.16. The predicted octanol–water partition coefficient (Wildman–Crippen LogP) is 0.967. The Balaban J connectivity index is 2.11. The van der Waals surface area contributed by atoms with E-state index in [-0.39, 0.29) is 0 Å². The number of fused-ring (bicyclic) bond motifs is 1. The van der Waals surface area contributed by atoms with E-state index in [2.05, 4.69) is 25.6 Å². The Morgan fingerprint density at radius 1 is 1.41 bits per heavy atom. The molecule has 3 heterocycles. The molecule has 0 aliphatic carbocycles. The lowest BCUT2D eigenvalue weighted by atomic mass is 10.3. The summed E-state index contributed by atoms with van der Waals surface area (Å²) in [5, 5.41) is 16.8. The van der Waals surface area contributed by atoms with E-state index in [4.69, 9.17) is 0 Å². The van der Waals surface area contributed by atoms with Crippen molar-refractivity contribution < 1.29 is 0 Å². The number of pyridine rings is 1. The van der Waals surface area contributed by atoms with Gasteiger partial charge in [0.15, 0.2) is 5.82 Å². The minimum Gasteiger partial charge on any atom is -0.313 e. The number of rotatable bonds is 3. The van der Waals surface area contributed by atoms with Crippen molar-refractivity contribution in [3.8, 4) is 11.4 Å². The maximum Gasteiger partial charge on any atom is 0.235 e. The van der Waals surface area contributed by atoms with E-state index in [1.54, 1.807) is 16.9 Å². The third kappa shape index (κ3) is 1.79. The van der Waals surface area contributed by atoms with Gasteiger partial charge in [-0.25, -0.2) is 0 Å². The molecule has 0 saturated heterocycles. The van der Waals surface area contributed by atoms with Crippen molar-refractivity contribution in [3.05, 3.63) is 29.5 Å². The highest BCUT2D eigenvalue weighted by Crippen LogP contribution is 2.20. The molecular weight excluding hydrogens is 236 g/mol. The maximum atomic E-state index is 4.46. The third-order valence-electron chi connectivity index (χ3n) is 2.28. The van der Waals surface area contributed by atoms with Crippen LogP contribution >= 0.6 is 11.3 Å². The molecule has 3 rings (SSSR count). The SMILES string of the molecule is CNCc1nn2c(-c3cccnc3)nnc2s1. The van der Waals surface area contributed by atoms with Crippen molar-refractivity contribution in [2.24, 2.45) is 0 Å². The van der Waals surface area contributed by atoms with Crippen LogP contribution in [-0.2, 0) is 6.54 Å². The molecular formula is C10H10N6S. The lowest BCUT2D eigenvalue weighted by Gasteiger charge is -1.94. The van der Waals surface area contributed by atoms with Gasteiger partial charge in [-0.1, -0.05) is 11.3 Å². The highest BCUT2D eigenvalue weighted by atomic mass is 32.1. The molecule has 0 unspecified atom stereocenters. The van der Waals surface area contributed by atoms with Gasteiger partial charge in [0.1, 0.15) is 5.01 Å². The zero-order valence-corrected chi connectivity index (χ0v) is 9.98. The van der Waals surface area contributed by atoms with Crippen molar-refractivity contribution in [1.82, 2.24) is 30.1 Å². The summed E-state index contributed by atoms with van der Waals surface area (Å²) in [7, 11) is 1.89. The Kier molecular flexibility index (Phi) is 2.54. The zero-order valence-electron chi connectivity index (χ0n) is 9.16. The van der Waals surface area contributed by atoms with Crippen molar-refractivity contribution in [2.75, 3.05) is 7.05 Å². The zero-order chi connectivity index (χ0) is 11.7. The topological polar surface area (TPSA) is 68.0 Å². The fourth-order valence-corrected chi connectivity index (χ4v) is 2.40. The molecule has 0 aromatic carbocycles. The van der Waals surface area contributed by atoms with E-state index >= 15 is 0 Å². The minimum atomic E-state index is 0.728. The number of hydrogen-bond acceptors (Lipinski definition) is 6. The van der Waals surface area contributed by atoms with Crippen molar-refractivity contribution >= 4 is 16.3 Å². The third-order valence-corrected chi connectivity index (χ3v) is 3.18. The summed E-state index contributed by atoms with van der Waals surface area (Å²) in [5.41, 5.74) is 0.918. The van der Waals surface area contributed by atoms with Crippen LogP contribution in [0.15, 0.2) is 24.5 Å². The molecule has 0 radical (unpaired) electrons. The van der Waals surface area contributed by atoms with E-state index in [0.717, 1.165) is 27.9 Å². The Bertz CT molecular complexity index is 629. The smallest absolute Gasteiger partial charge is 0.235 e. The van der Waals surface area contributed by atoms with Crippen LogP contribution in [0.5, 0.6) is 0 Å². The van der Waals surface area contributed by atoms with Crippen LogP contribution in [0.25, 0.3) is 16.3 Å². The second-order valence-corrected chi connectivity index (χ2v) is 4.53. The van der Waals surface area contributed by atoms with Crippen molar-refractivity contribution in [3.63, 3.8) is 0 Å². The lowest BCUT2D eigenvalue weighted by molar-refractivity contribution is 0.781. The number of hydrogen-bond donors (Lipinski definition) is 1. The summed E-state index contributed by atoms with van der Waals surface area (Å²) in [4.78, 5) is 4.87. The van der Waals surface area contributed by atoms with Crippen molar-refractivity contribution in [2.45, 2.75) is 6.54 Å². The predicted molar refractivity (Wildman–Crippen MR) is 64.7 cm³/mol. The Hall–Kier alpha value is -1.86.